The van der Waals surface area contributed by atoms with Gasteiger partial charge < -0.3 is 4.74 Å². The molecule has 4 aliphatic carbocycles. The number of ether oxygens (including phenoxy) is 1. The van der Waals surface area contributed by atoms with Crippen molar-refractivity contribution in [2.24, 2.45) is 35.5 Å². The third-order valence-electron chi connectivity index (χ3n) is 7.49. The molecule has 0 spiro atoms. The molecule has 156 valence electrons. The van der Waals surface area contributed by atoms with Crippen LogP contribution >= 0.6 is 0 Å². The number of rotatable bonds is 5. The fourth-order valence-electron chi connectivity index (χ4n) is 5.97. The van der Waals surface area contributed by atoms with Gasteiger partial charge in [-0.25, -0.2) is 0 Å². The normalized spacial score (nSPS) is 32.1. The van der Waals surface area contributed by atoms with Gasteiger partial charge in [-0.1, -0.05) is 54.6 Å². The largest absolute Gasteiger partial charge is 0.426 e. The third-order valence-corrected chi connectivity index (χ3v) is 7.49. The van der Waals surface area contributed by atoms with Crippen LogP contribution in [0, 0.1) is 35.5 Å². The summed E-state index contributed by atoms with van der Waals surface area (Å²) < 4.78 is 5.43. The van der Waals surface area contributed by atoms with Gasteiger partial charge >= 0.3 is 5.97 Å². The Bertz CT molecular complexity index is 1050. The van der Waals surface area contributed by atoms with Crippen LogP contribution in [0.3, 0.4) is 0 Å². The summed E-state index contributed by atoms with van der Waals surface area (Å²) in [7, 11) is 0. The predicted octanol–water partition coefficient (Wildman–Crippen LogP) is 3.70. The molecule has 0 aromatic heterocycles. The number of amides is 2. The molecule has 0 radical (unpaired) electrons. The minimum Gasteiger partial charge on any atom is -0.426 e. The molecular formula is C26H23NO4. The molecule has 2 bridgehead atoms. The van der Waals surface area contributed by atoms with Gasteiger partial charge in [0.2, 0.25) is 11.8 Å². The molecule has 0 unspecified atom stereocenters. The maximum Gasteiger partial charge on any atom is 0.312 e. The van der Waals surface area contributed by atoms with Crippen LogP contribution in [0.4, 0.5) is 0 Å². The van der Waals surface area contributed by atoms with Gasteiger partial charge in [-0.15, -0.1) is 0 Å². The van der Waals surface area contributed by atoms with Crippen molar-refractivity contribution in [3.05, 3.63) is 66.7 Å². The van der Waals surface area contributed by atoms with E-state index in [4.69, 9.17) is 4.74 Å². The summed E-state index contributed by atoms with van der Waals surface area (Å²) in [6, 6.07) is 17.3. The third kappa shape index (κ3) is 2.94. The summed E-state index contributed by atoms with van der Waals surface area (Å²) in [6.45, 7) is 0.0976. The van der Waals surface area contributed by atoms with Crippen molar-refractivity contribution in [1.82, 2.24) is 4.90 Å². The van der Waals surface area contributed by atoms with Crippen molar-refractivity contribution < 1.29 is 19.1 Å². The number of esters is 1. The van der Waals surface area contributed by atoms with Gasteiger partial charge in [-0.3, -0.25) is 19.3 Å². The van der Waals surface area contributed by atoms with Gasteiger partial charge in [-0.2, -0.15) is 0 Å². The van der Waals surface area contributed by atoms with E-state index in [0.717, 1.165) is 17.5 Å². The Balaban J connectivity index is 1.08. The van der Waals surface area contributed by atoms with E-state index >= 15 is 0 Å². The standard InChI is InChI=1S/C26H23NO4/c28-22(31-17-8-6-16(7-9-17)15-4-2-1-3-5-15)12-13-27-25(29)23-18-10-11-19(21-14-20(18)21)24(23)26(27)30/h1-11,18-21,23-24H,12-14H2/t18-,19-,20-,21-,23-,24+/m1/s1. The Hall–Kier alpha value is -3.21. The second kappa shape index (κ2) is 6.91. The number of allylic oxidation sites excluding steroid dienone is 2. The van der Waals surface area contributed by atoms with Crippen LogP contribution < -0.4 is 4.74 Å². The lowest BCUT2D eigenvalue weighted by Gasteiger charge is -2.37. The van der Waals surface area contributed by atoms with E-state index in [1.807, 2.05) is 42.5 Å². The number of hydrogen-bond acceptors (Lipinski definition) is 4. The Labute approximate surface area is 180 Å². The second-order valence-corrected chi connectivity index (χ2v) is 9.10. The zero-order chi connectivity index (χ0) is 21.1. The van der Waals surface area contributed by atoms with E-state index < -0.39 is 5.97 Å². The fourth-order valence-corrected chi connectivity index (χ4v) is 5.97. The number of imide groups is 1. The lowest BCUT2D eigenvalue weighted by atomic mass is 9.63. The summed E-state index contributed by atoms with van der Waals surface area (Å²) in [6.07, 6.45) is 5.46. The van der Waals surface area contributed by atoms with Gasteiger partial charge in [0.1, 0.15) is 5.75 Å². The highest BCUT2D eigenvalue weighted by Crippen LogP contribution is 2.65. The molecule has 31 heavy (non-hydrogen) atoms. The van der Waals surface area contributed by atoms with Crippen LogP contribution in [0.25, 0.3) is 11.1 Å². The molecule has 0 N–H and O–H groups in total. The summed E-state index contributed by atoms with van der Waals surface area (Å²) in [5.74, 6) is 0.966. The van der Waals surface area contributed by atoms with Gasteiger partial charge in [0, 0.05) is 6.54 Å². The lowest BCUT2D eigenvalue weighted by molar-refractivity contribution is -0.141. The molecule has 2 aromatic rings. The lowest BCUT2D eigenvalue weighted by Crippen LogP contribution is -2.40. The van der Waals surface area contributed by atoms with E-state index in [0.29, 0.717) is 17.6 Å². The molecule has 3 fully saturated rings. The summed E-state index contributed by atoms with van der Waals surface area (Å²) in [5, 5.41) is 0. The van der Waals surface area contributed by atoms with Crippen LogP contribution in [0.15, 0.2) is 66.7 Å². The highest BCUT2D eigenvalue weighted by atomic mass is 16.5. The first-order valence-electron chi connectivity index (χ1n) is 11.0. The van der Waals surface area contributed by atoms with Crippen molar-refractivity contribution in [1.29, 1.82) is 0 Å². The smallest absolute Gasteiger partial charge is 0.312 e. The number of nitrogens with zero attached hydrogens (tertiary/aromatic N) is 1. The van der Waals surface area contributed by atoms with Crippen LogP contribution in [-0.4, -0.2) is 29.2 Å². The first-order chi connectivity index (χ1) is 15.1. The van der Waals surface area contributed by atoms with Crippen molar-refractivity contribution >= 4 is 17.8 Å². The SMILES string of the molecule is O=C(CCN1C(=O)[C@@H]2[C@@H]3C=C[C@H]([C@H]4C[C@H]34)[C@@H]2C1=O)Oc1ccc(-c2ccccc2)cc1. The number of carbonyl (C=O) groups is 3. The minimum absolute atomic E-state index is 0.00692. The molecule has 2 aromatic carbocycles. The number of carbonyl (C=O) groups excluding carboxylic acids is 3. The van der Waals surface area contributed by atoms with E-state index in [9.17, 15) is 14.4 Å². The molecule has 5 heteroatoms. The molecule has 5 aliphatic rings. The first kappa shape index (κ1) is 18.6. The molecule has 1 saturated heterocycles. The first-order valence-corrected chi connectivity index (χ1v) is 11.0. The van der Waals surface area contributed by atoms with Gasteiger partial charge in [0.25, 0.3) is 0 Å². The molecule has 5 nitrogen and oxygen atoms in total. The van der Waals surface area contributed by atoms with E-state index in [2.05, 4.69) is 12.2 Å². The zero-order valence-corrected chi connectivity index (χ0v) is 17.0. The monoisotopic (exact) mass is 413 g/mol. The van der Waals surface area contributed by atoms with Crippen molar-refractivity contribution in [2.45, 2.75) is 12.8 Å². The fraction of sp³-hybridized carbons (Fsp3) is 0.346. The Morgan fingerprint density at radius 2 is 1.42 bits per heavy atom. The molecule has 6 atom stereocenters. The maximum atomic E-state index is 13.0. The van der Waals surface area contributed by atoms with Crippen LogP contribution in [-0.2, 0) is 14.4 Å². The molecule has 2 saturated carbocycles. The van der Waals surface area contributed by atoms with E-state index in [-0.39, 0.29) is 48.5 Å². The molecular weight excluding hydrogens is 390 g/mol. The second-order valence-electron chi connectivity index (χ2n) is 9.10. The van der Waals surface area contributed by atoms with E-state index in [1.165, 1.54) is 4.90 Å². The number of hydrogen-bond donors (Lipinski definition) is 0. The molecule has 1 aliphatic heterocycles. The number of likely N-dealkylation sites (tertiary alicyclic amines) is 1. The highest BCUT2D eigenvalue weighted by Gasteiger charge is 2.66. The van der Waals surface area contributed by atoms with Crippen molar-refractivity contribution in [2.75, 3.05) is 6.54 Å². The van der Waals surface area contributed by atoms with Gasteiger partial charge in [0.15, 0.2) is 0 Å². The summed E-state index contributed by atoms with van der Waals surface area (Å²) in [5.41, 5.74) is 2.13. The van der Waals surface area contributed by atoms with Crippen LogP contribution in [0.1, 0.15) is 12.8 Å². The van der Waals surface area contributed by atoms with Crippen molar-refractivity contribution in [3.63, 3.8) is 0 Å². The predicted molar refractivity (Wildman–Crippen MR) is 114 cm³/mol. The minimum atomic E-state index is -0.438. The molecule has 1 heterocycles. The average Bonchev–Trinajstić information content (AvgIpc) is 3.58. The average molecular weight is 413 g/mol. The van der Waals surface area contributed by atoms with Crippen LogP contribution in [0.2, 0.25) is 0 Å². The zero-order valence-electron chi connectivity index (χ0n) is 17.0. The number of benzene rings is 2. The summed E-state index contributed by atoms with van der Waals surface area (Å²) in [4.78, 5) is 39.6. The topological polar surface area (TPSA) is 63.7 Å². The molecule has 2 amide bonds. The maximum absolute atomic E-state index is 13.0. The van der Waals surface area contributed by atoms with E-state index in [1.54, 1.807) is 12.1 Å². The summed E-state index contributed by atoms with van der Waals surface area (Å²) >= 11 is 0. The van der Waals surface area contributed by atoms with Gasteiger partial charge in [-0.05, 0) is 53.4 Å². The van der Waals surface area contributed by atoms with Gasteiger partial charge in [0.05, 0.1) is 18.3 Å². The van der Waals surface area contributed by atoms with Crippen molar-refractivity contribution in [3.8, 4) is 16.9 Å². The van der Waals surface area contributed by atoms with Crippen LogP contribution in [0.5, 0.6) is 5.75 Å². The quantitative estimate of drug-likeness (QED) is 0.325. The Kier molecular flexibility index (Phi) is 4.13. The highest BCUT2D eigenvalue weighted by molar-refractivity contribution is 6.06. The molecule has 7 rings (SSSR count). The Morgan fingerprint density at radius 1 is 0.839 bits per heavy atom. The Morgan fingerprint density at radius 3 is 2.03 bits per heavy atom.